The van der Waals surface area contributed by atoms with Gasteiger partial charge in [0, 0.05) is 0 Å². The lowest BCUT2D eigenvalue weighted by Crippen LogP contribution is -1.73. The van der Waals surface area contributed by atoms with E-state index in [2.05, 4.69) is 24.1 Å². The maximum absolute atomic E-state index is 4.66. The van der Waals surface area contributed by atoms with Gasteiger partial charge in [0.1, 0.15) is 42.8 Å². The molecule has 0 saturated carbocycles. The van der Waals surface area contributed by atoms with Crippen molar-refractivity contribution in [1.82, 2.24) is 15.0 Å². The summed E-state index contributed by atoms with van der Waals surface area (Å²) in [5, 5.41) is 0. The van der Waals surface area contributed by atoms with Crippen molar-refractivity contribution in [3.05, 3.63) is 31.4 Å². The highest BCUT2D eigenvalue weighted by atomic mass is 32.2. The maximum Gasteiger partial charge on any atom is 0.120 e. The van der Waals surface area contributed by atoms with E-state index in [0.29, 0.717) is 0 Å². The Balaban J connectivity index is 0.000000120. The highest BCUT2D eigenvalue weighted by Crippen LogP contribution is 2.02. The molecule has 12 heavy (non-hydrogen) atoms. The molecule has 0 bridgehead atoms. The van der Waals surface area contributed by atoms with E-state index in [1.165, 1.54) is 37.3 Å². The molecule has 0 radical (unpaired) electrons. The zero-order valence-corrected chi connectivity index (χ0v) is 6.89. The summed E-state index contributed by atoms with van der Waals surface area (Å²) < 4.78 is 4.66. The normalized spacial score (nSPS) is 12.7. The predicted molar refractivity (Wildman–Crippen MR) is 46.1 cm³/mol. The summed E-state index contributed by atoms with van der Waals surface area (Å²) in [6, 6.07) is 0. The van der Waals surface area contributed by atoms with Crippen LogP contribution in [0.3, 0.4) is 0 Å². The smallest absolute Gasteiger partial charge is 0.120 e. The van der Waals surface area contributed by atoms with Gasteiger partial charge in [0.25, 0.3) is 0 Å². The van der Waals surface area contributed by atoms with Crippen LogP contribution in [0.15, 0.2) is 36.4 Å². The molecule has 0 spiro atoms. The fourth-order valence-corrected chi connectivity index (χ4v) is 0.665. The first-order valence-corrected chi connectivity index (χ1v) is 3.84. The molecule has 2 heterocycles. The lowest BCUT2D eigenvalue weighted by atomic mass is 11.0. The van der Waals surface area contributed by atoms with Crippen LogP contribution in [0.5, 0.6) is 0 Å². The molecule has 0 atom stereocenters. The van der Waals surface area contributed by atoms with Gasteiger partial charge in [-0.1, -0.05) is 0 Å². The zero-order valence-electron chi connectivity index (χ0n) is 6.07. The second kappa shape index (κ2) is 6.29. The average molecular weight is 182 g/mol. The van der Waals surface area contributed by atoms with Gasteiger partial charge in [-0.05, 0) is 0 Å². The maximum atomic E-state index is 4.66. The SMILES string of the molecule is C1=COSC=N1.c1ncncn1. The molecule has 1 aromatic heterocycles. The Morgan fingerprint density at radius 3 is 1.83 bits per heavy atom. The minimum Gasteiger partial charge on any atom is -0.426 e. The molecule has 6 heteroatoms. The average Bonchev–Trinajstić information content (AvgIpc) is 2.24. The third-order valence-corrected chi connectivity index (χ3v) is 1.19. The molecule has 0 N–H and O–H groups in total. The zero-order chi connectivity index (χ0) is 8.49. The largest absolute Gasteiger partial charge is 0.426 e. The van der Waals surface area contributed by atoms with Gasteiger partial charge in [-0.15, -0.1) is 0 Å². The van der Waals surface area contributed by atoms with Gasteiger partial charge in [0.2, 0.25) is 0 Å². The minimum absolute atomic E-state index is 1.22. The first-order valence-electron chi connectivity index (χ1n) is 3.04. The summed E-state index contributed by atoms with van der Waals surface area (Å²) in [5.41, 5.74) is 1.62. The summed E-state index contributed by atoms with van der Waals surface area (Å²) in [5.74, 6) is 0. The number of hydrogen-bond acceptors (Lipinski definition) is 6. The van der Waals surface area contributed by atoms with Gasteiger partial charge in [-0.25, -0.2) is 15.0 Å². The molecule has 0 amide bonds. The van der Waals surface area contributed by atoms with E-state index in [4.69, 9.17) is 0 Å². The summed E-state index contributed by atoms with van der Waals surface area (Å²) >= 11 is 1.22. The quantitative estimate of drug-likeness (QED) is 0.561. The molecule has 2 rings (SSSR count). The molecule has 0 fully saturated rings. The van der Waals surface area contributed by atoms with Crippen molar-refractivity contribution in [1.29, 1.82) is 0 Å². The third kappa shape index (κ3) is 4.40. The Morgan fingerprint density at radius 1 is 1.00 bits per heavy atom. The third-order valence-electron chi connectivity index (χ3n) is 0.762. The highest BCUT2D eigenvalue weighted by molar-refractivity contribution is 8.08. The lowest BCUT2D eigenvalue weighted by molar-refractivity contribution is 0.569. The van der Waals surface area contributed by atoms with Crippen LogP contribution in [0.25, 0.3) is 0 Å². The Kier molecular flexibility index (Phi) is 4.54. The first-order chi connectivity index (χ1) is 6.00. The summed E-state index contributed by atoms with van der Waals surface area (Å²) in [6.07, 6.45) is 7.44. The van der Waals surface area contributed by atoms with Gasteiger partial charge in [0.15, 0.2) is 0 Å². The standard InChI is InChI=1S/C3H3N3.C3H3NOS/c1-4-2-6-3-5-1;1-2-5-6-3-4-1/h2*1-3H. The van der Waals surface area contributed by atoms with E-state index in [1.54, 1.807) is 11.7 Å². The summed E-state index contributed by atoms with van der Waals surface area (Å²) in [6.45, 7) is 0. The van der Waals surface area contributed by atoms with Crippen molar-refractivity contribution in [2.24, 2.45) is 4.99 Å². The molecule has 1 aromatic rings. The van der Waals surface area contributed by atoms with Crippen molar-refractivity contribution in [3.63, 3.8) is 0 Å². The number of aliphatic imine (C=N–C) groups is 1. The van der Waals surface area contributed by atoms with Crippen molar-refractivity contribution < 1.29 is 4.18 Å². The van der Waals surface area contributed by atoms with Crippen LogP contribution in [0, 0.1) is 0 Å². The summed E-state index contributed by atoms with van der Waals surface area (Å²) in [7, 11) is 0. The fraction of sp³-hybridized carbons (Fsp3) is 0. The van der Waals surface area contributed by atoms with E-state index >= 15 is 0 Å². The van der Waals surface area contributed by atoms with Crippen LogP contribution in [0.2, 0.25) is 0 Å². The lowest BCUT2D eigenvalue weighted by Gasteiger charge is -1.91. The number of nitrogens with zero attached hydrogens (tertiary/aromatic N) is 4. The molecule has 1 aliphatic rings. The van der Waals surface area contributed by atoms with E-state index in [9.17, 15) is 0 Å². The van der Waals surface area contributed by atoms with Gasteiger partial charge >= 0.3 is 0 Å². The number of aromatic nitrogens is 3. The van der Waals surface area contributed by atoms with Crippen LogP contribution in [0.1, 0.15) is 0 Å². The fourth-order valence-electron chi connectivity index (χ4n) is 0.382. The van der Waals surface area contributed by atoms with Crippen LogP contribution in [-0.2, 0) is 4.18 Å². The van der Waals surface area contributed by atoms with E-state index in [0.717, 1.165) is 0 Å². The molecule has 0 aromatic carbocycles. The molecular formula is C6H6N4OS. The molecule has 0 aliphatic carbocycles. The molecule has 62 valence electrons. The second-order valence-corrected chi connectivity index (χ2v) is 2.12. The first kappa shape index (κ1) is 8.66. The van der Waals surface area contributed by atoms with E-state index in [1.807, 2.05) is 0 Å². The monoisotopic (exact) mass is 182 g/mol. The van der Waals surface area contributed by atoms with E-state index < -0.39 is 0 Å². The number of hydrogen-bond donors (Lipinski definition) is 0. The second-order valence-electron chi connectivity index (χ2n) is 1.53. The van der Waals surface area contributed by atoms with Crippen molar-refractivity contribution in [2.45, 2.75) is 0 Å². The Morgan fingerprint density at radius 2 is 1.67 bits per heavy atom. The topological polar surface area (TPSA) is 60.3 Å². The Hall–Kier alpha value is -1.43. The molecule has 0 saturated heterocycles. The molecular weight excluding hydrogens is 176 g/mol. The van der Waals surface area contributed by atoms with Crippen molar-refractivity contribution >= 4 is 17.6 Å². The Labute approximate surface area is 73.8 Å². The van der Waals surface area contributed by atoms with Gasteiger partial charge in [0.05, 0.1) is 6.20 Å². The van der Waals surface area contributed by atoms with Crippen molar-refractivity contribution in [3.8, 4) is 0 Å². The predicted octanol–water partition coefficient (Wildman–Crippen LogP) is 1.04. The van der Waals surface area contributed by atoms with Crippen LogP contribution < -0.4 is 0 Å². The van der Waals surface area contributed by atoms with E-state index in [-0.39, 0.29) is 0 Å². The van der Waals surface area contributed by atoms with Gasteiger partial charge < -0.3 is 4.18 Å². The molecule has 5 nitrogen and oxygen atoms in total. The molecule has 0 unspecified atom stereocenters. The van der Waals surface area contributed by atoms with Crippen LogP contribution >= 0.6 is 12.0 Å². The molecule has 1 aliphatic heterocycles. The van der Waals surface area contributed by atoms with Crippen molar-refractivity contribution in [2.75, 3.05) is 0 Å². The highest BCUT2D eigenvalue weighted by Gasteiger charge is 1.78. The summed E-state index contributed by atoms with van der Waals surface area (Å²) in [4.78, 5) is 14.4. The van der Waals surface area contributed by atoms with Gasteiger partial charge in [-0.2, -0.15) is 0 Å². The number of rotatable bonds is 0. The minimum atomic E-state index is 1.22. The van der Waals surface area contributed by atoms with Gasteiger partial charge in [-0.3, -0.25) is 4.99 Å². The van der Waals surface area contributed by atoms with Crippen LogP contribution in [-0.4, -0.2) is 20.5 Å². The van der Waals surface area contributed by atoms with Crippen LogP contribution in [0.4, 0.5) is 0 Å². The Bertz CT molecular complexity index is 212.